The molecule has 0 aromatic heterocycles. The lowest BCUT2D eigenvalue weighted by atomic mass is 9.85. The van der Waals surface area contributed by atoms with Crippen LogP contribution in [0, 0.1) is 5.41 Å². The van der Waals surface area contributed by atoms with E-state index in [1.165, 1.54) is 0 Å². The average Bonchev–Trinajstić information content (AvgIpc) is 3.19. The monoisotopic (exact) mass is 514 g/mol. The highest BCUT2D eigenvalue weighted by Gasteiger charge is 2.39. The quantitative estimate of drug-likeness (QED) is 0.512. The van der Waals surface area contributed by atoms with Crippen LogP contribution in [0.1, 0.15) is 58.2 Å². The van der Waals surface area contributed by atoms with Gasteiger partial charge >= 0.3 is 0 Å². The molecule has 8 nitrogen and oxygen atoms in total. The van der Waals surface area contributed by atoms with E-state index in [0.717, 1.165) is 16.8 Å². The van der Waals surface area contributed by atoms with Gasteiger partial charge < -0.3 is 20.3 Å². The fourth-order valence-electron chi connectivity index (χ4n) is 4.16. The van der Waals surface area contributed by atoms with Crippen molar-refractivity contribution in [1.82, 2.24) is 10.2 Å². The maximum atomic E-state index is 13.0. The Morgan fingerprint density at radius 1 is 1.24 bits per heavy atom. The van der Waals surface area contributed by atoms with Gasteiger partial charge in [-0.2, -0.15) is 0 Å². The van der Waals surface area contributed by atoms with Crippen LogP contribution in [0.5, 0.6) is 5.75 Å². The number of amides is 2. The number of ketones is 1. The van der Waals surface area contributed by atoms with Crippen LogP contribution in [-0.2, 0) is 16.8 Å². The summed E-state index contributed by atoms with van der Waals surface area (Å²) < 4.78 is 5.63. The van der Waals surface area contributed by atoms with Crippen molar-refractivity contribution in [3.8, 4) is 5.75 Å². The fraction of sp³-hybridized carbons (Fsp3) is 0.333. The number of amidine groups is 1. The summed E-state index contributed by atoms with van der Waals surface area (Å²) >= 11 is 0. The van der Waals surface area contributed by atoms with Crippen LogP contribution in [0.4, 0.5) is 5.69 Å². The van der Waals surface area contributed by atoms with Crippen molar-refractivity contribution in [1.29, 1.82) is 5.41 Å². The summed E-state index contributed by atoms with van der Waals surface area (Å²) in [7, 11) is 1.54. The zero-order valence-electron chi connectivity index (χ0n) is 19.0. The zero-order chi connectivity index (χ0) is 23.2. The normalized spacial score (nSPS) is 15.3. The Kier molecular flexibility index (Phi) is 6.65. The first kappa shape index (κ1) is 24.4. The van der Waals surface area contributed by atoms with Gasteiger partial charge in [-0.05, 0) is 62.2 Å². The number of hydrogen-bond acceptors (Lipinski definition) is 5. The van der Waals surface area contributed by atoms with E-state index >= 15 is 0 Å². The van der Waals surface area contributed by atoms with Gasteiger partial charge in [-0.1, -0.05) is 0 Å². The van der Waals surface area contributed by atoms with Gasteiger partial charge in [0.15, 0.2) is 5.78 Å². The average molecular weight is 515 g/mol. The van der Waals surface area contributed by atoms with Crippen molar-refractivity contribution >= 4 is 46.1 Å². The minimum absolute atomic E-state index is 0. The first-order valence-corrected chi connectivity index (χ1v) is 10.5. The molecule has 33 heavy (non-hydrogen) atoms. The van der Waals surface area contributed by atoms with Gasteiger partial charge in [0, 0.05) is 30.4 Å². The summed E-state index contributed by atoms with van der Waals surface area (Å²) in [5.74, 6) is 0.134. The number of fused-ring (bicyclic) bond motifs is 2. The third-order valence-corrected chi connectivity index (χ3v) is 6.07. The minimum atomic E-state index is -0.700. The Bertz CT molecular complexity index is 1180. The molecule has 9 heteroatoms. The molecule has 3 N–H and O–H groups in total. The number of halogens is 1. The van der Waals surface area contributed by atoms with Crippen molar-refractivity contribution in [2.75, 3.05) is 25.5 Å². The van der Waals surface area contributed by atoms with Crippen LogP contribution in [0.25, 0.3) is 0 Å². The highest BCUT2D eigenvalue weighted by atomic mass is 79.9. The summed E-state index contributed by atoms with van der Waals surface area (Å²) in [6.45, 7) is 6.31. The third kappa shape index (κ3) is 4.13. The maximum Gasteiger partial charge on any atom is 0.254 e. The summed E-state index contributed by atoms with van der Waals surface area (Å²) in [6.07, 6.45) is 0. The number of anilines is 1. The lowest BCUT2D eigenvalue weighted by Crippen LogP contribution is -2.30. The number of benzene rings is 2. The fourth-order valence-corrected chi connectivity index (χ4v) is 4.16. The Balaban J connectivity index is 0.00000306. The van der Waals surface area contributed by atoms with E-state index in [1.54, 1.807) is 42.3 Å². The van der Waals surface area contributed by atoms with Gasteiger partial charge in [-0.15, -0.1) is 17.0 Å². The molecule has 0 saturated heterocycles. The van der Waals surface area contributed by atoms with E-state index in [-0.39, 0.29) is 47.0 Å². The second-order valence-corrected chi connectivity index (χ2v) is 8.48. The summed E-state index contributed by atoms with van der Waals surface area (Å²) in [5, 5.41) is 14.0. The molecule has 2 aromatic carbocycles. The lowest BCUT2D eigenvalue weighted by Gasteiger charge is -2.18. The van der Waals surface area contributed by atoms with Gasteiger partial charge in [0.05, 0.1) is 24.1 Å². The Morgan fingerprint density at radius 2 is 1.97 bits per heavy atom. The molecule has 2 aliphatic heterocycles. The number of ether oxygens (including phenoxy) is 1. The smallest absolute Gasteiger partial charge is 0.254 e. The number of carbonyl (C=O) groups is 3. The number of nitrogens with one attached hydrogen (secondary N) is 3. The number of nitrogens with zero attached hydrogens (tertiary/aromatic N) is 1. The molecule has 0 saturated carbocycles. The maximum absolute atomic E-state index is 13.0. The van der Waals surface area contributed by atoms with Gasteiger partial charge in [-0.3, -0.25) is 19.8 Å². The molecule has 0 bridgehead atoms. The summed E-state index contributed by atoms with van der Waals surface area (Å²) in [6, 6.07) is 8.65. The van der Waals surface area contributed by atoms with Crippen LogP contribution in [0.3, 0.4) is 0 Å². The van der Waals surface area contributed by atoms with E-state index in [0.29, 0.717) is 35.6 Å². The molecule has 0 atom stereocenters. The third-order valence-electron chi connectivity index (χ3n) is 6.07. The first-order valence-electron chi connectivity index (χ1n) is 10.5. The molecule has 0 aliphatic carbocycles. The summed E-state index contributed by atoms with van der Waals surface area (Å²) in [5.41, 5.74) is 3.14. The predicted molar refractivity (Wildman–Crippen MR) is 131 cm³/mol. The van der Waals surface area contributed by atoms with Crippen molar-refractivity contribution in [3.63, 3.8) is 0 Å². The van der Waals surface area contributed by atoms with E-state index in [4.69, 9.17) is 10.1 Å². The highest BCUT2D eigenvalue weighted by molar-refractivity contribution is 8.93. The Hall–Kier alpha value is -3.20. The molecule has 0 spiro atoms. The second-order valence-electron chi connectivity index (χ2n) is 8.48. The number of Topliss-reactive ketones (excluding diaryl/α,β-unsaturated/α-hetero) is 1. The van der Waals surface area contributed by atoms with Crippen LogP contribution < -0.4 is 15.4 Å². The van der Waals surface area contributed by atoms with Gasteiger partial charge in [0.2, 0.25) is 5.91 Å². The second kappa shape index (κ2) is 8.97. The molecule has 174 valence electrons. The number of hydrogen-bond donors (Lipinski definition) is 3. The van der Waals surface area contributed by atoms with E-state index in [9.17, 15) is 14.4 Å². The molecule has 2 aliphatic rings. The SMILES string of the molecule is Br.CCOc1cc2c(cc1C(=O)NC)C(=N)N(CC(=O)c1ccc3c(c1)C(C)(C)C(=O)N3)C2. The molecule has 0 unspecified atom stereocenters. The Morgan fingerprint density at radius 3 is 2.64 bits per heavy atom. The standard InChI is InChI=1S/C24H26N4O4.BrH/c1-5-32-20-9-14-11-28(21(25)15(14)10-16(20)22(30)26-4)12-19(29)13-6-7-18-17(8-13)24(2,3)23(31)27-18;/h6-10,25H,5,11-12H2,1-4H3,(H,26,30)(H,27,31);1H. The molecular weight excluding hydrogens is 488 g/mol. The van der Waals surface area contributed by atoms with Crippen molar-refractivity contribution in [3.05, 3.63) is 58.1 Å². The van der Waals surface area contributed by atoms with Crippen LogP contribution >= 0.6 is 17.0 Å². The van der Waals surface area contributed by atoms with E-state index < -0.39 is 5.41 Å². The molecular formula is C24H27BrN4O4. The van der Waals surface area contributed by atoms with Crippen molar-refractivity contribution < 1.29 is 19.1 Å². The minimum Gasteiger partial charge on any atom is -0.493 e. The molecule has 2 aromatic rings. The van der Waals surface area contributed by atoms with E-state index in [1.807, 2.05) is 20.8 Å². The largest absolute Gasteiger partial charge is 0.493 e. The van der Waals surface area contributed by atoms with Gasteiger partial charge in [-0.25, -0.2) is 0 Å². The number of carbonyl (C=O) groups excluding carboxylic acids is 3. The molecule has 4 rings (SSSR count). The van der Waals surface area contributed by atoms with Gasteiger partial charge in [0.1, 0.15) is 11.6 Å². The molecule has 2 amide bonds. The number of rotatable bonds is 6. The van der Waals surface area contributed by atoms with Crippen LogP contribution in [0.15, 0.2) is 30.3 Å². The van der Waals surface area contributed by atoms with Crippen LogP contribution in [-0.4, -0.2) is 48.5 Å². The van der Waals surface area contributed by atoms with Crippen LogP contribution in [0.2, 0.25) is 0 Å². The van der Waals surface area contributed by atoms with Crippen molar-refractivity contribution in [2.45, 2.75) is 32.7 Å². The highest BCUT2D eigenvalue weighted by Crippen LogP contribution is 2.38. The zero-order valence-corrected chi connectivity index (χ0v) is 20.7. The van der Waals surface area contributed by atoms with Crippen molar-refractivity contribution in [2.24, 2.45) is 0 Å². The molecule has 0 fully saturated rings. The van der Waals surface area contributed by atoms with Gasteiger partial charge in [0.25, 0.3) is 5.91 Å². The van der Waals surface area contributed by atoms with E-state index in [2.05, 4.69) is 10.6 Å². The molecule has 2 heterocycles. The predicted octanol–water partition coefficient (Wildman–Crippen LogP) is 3.28. The Labute approximate surface area is 203 Å². The topological polar surface area (TPSA) is 112 Å². The first-order chi connectivity index (χ1) is 15.2. The molecule has 0 radical (unpaired) electrons. The summed E-state index contributed by atoms with van der Waals surface area (Å²) in [4.78, 5) is 39.2. The lowest BCUT2D eigenvalue weighted by molar-refractivity contribution is -0.119.